The minimum atomic E-state index is 0.545. The summed E-state index contributed by atoms with van der Waals surface area (Å²) in [5, 5.41) is 3.45. The average Bonchev–Trinajstić information content (AvgIpc) is 3.22. The molecule has 2 aromatic rings. The molecule has 0 aliphatic carbocycles. The van der Waals surface area contributed by atoms with Crippen molar-refractivity contribution in [1.82, 2.24) is 10.2 Å². The van der Waals surface area contributed by atoms with Crippen LogP contribution in [-0.2, 0) is 29.2 Å². The molecule has 1 fully saturated rings. The fourth-order valence-electron chi connectivity index (χ4n) is 3.67. The number of nitrogens with zero attached hydrogens (tertiary/aromatic N) is 2. The first-order valence-corrected chi connectivity index (χ1v) is 10.5. The number of methoxy groups -OCH3 is 1. The van der Waals surface area contributed by atoms with Gasteiger partial charge in [0, 0.05) is 32.7 Å². The van der Waals surface area contributed by atoms with Crippen LogP contribution >= 0.6 is 0 Å². The third kappa shape index (κ3) is 6.58. The molecule has 0 amide bonds. The van der Waals surface area contributed by atoms with Crippen LogP contribution in [0, 0.1) is 5.92 Å². The molecule has 2 aromatic carbocycles. The van der Waals surface area contributed by atoms with E-state index < -0.39 is 0 Å². The zero-order valence-corrected chi connectivity index (χ0v) is 17.6. The van der Waals surface area contributed by atoms with E-state index in [2.05, 4.69) is 59.6 Å². The predicted molar refractivity (Wildman–Crippen MR) is 118 cm³/mol. The highest BCUT2D eigenvalue weighted by Crippen LogP contribution is 2.18. The Kier molecular flexibility index (Phi) is 8.53. The van der Waals surface area contributed by atoms with E-state index in [1.54, 1.807) is 7.11 Å². The summed E-state index contributed by atoms with van der Waals surface area (Å²) in [5.41, 5.74) is 3.64. The van der Waals surface area contributed by atoms with Crippen LogP contribution in [0.1, 0.15) is 30.0 Å². The molecular formula is C24H33N3O2. The lowest BCUT2D eigenvalue weighted by Gasteiger charge is -2.22. The van der Waals surface area contributed by atoms with Crippen molar-refractivity contribution in [2.24, 2.45) is 10.9 Å². The summed E-state index contributed by atoms with van der Waals surface area (Å²) in [6.07, 6.45) is 1.14. The molecule has 5 heteroatoms. The number of hydrogen-bond donors (Lipinski definition) is 1. The molecule has 0 aromatic heterocycles. The van der Waals surface area contributed by atoms with Gasteiger partial charge in [0.05, 0.1) is 26.4 Å². The molecule has 156 valence electrons. The maximum Gasteiger partial charge on any atom is 0.194 e. The van der Waals surface area contributed by atoms with Crippen LogP contribution in [0.2, 0.25) is 0 Å². The Labute approximate surface area is 174 Å². The highest BCUT2D eigenvalue weighted by molar-refractivity contribution is 5.80. The van der Waals surface area contributed by atoms with E-state index >= 15 is 0 Å². The van der Waals surface area contributed by atoms with Gasteiger partial charge in [0.2, 0.25) is 0 Å². The highest BCUT2D eigenvalue weighted by atomic mass is 16.5. The van der Waals surface area contributed by atoms with Crippen LogP contribution < -0.4 is 5.32 Å². The monoisotopic (exact) mass is 395 g/mol. The minimum Gasteiger partial charge on any atom is -0.380 e. The van der Waals surface area contributed by atoms with Crippen molar-refractivity contribution in [2.45, 2.75) is 33.1 Å². The van der Waals surface area contributed by atoms with Gasteiger partial charge in [0.15, 0.2) is 5.96 Å². The molecule has 0 saturated carbocycles. The molecule has 1 atom stereocenters. The van der Waals surface area contributed by atoms with Crippen molar-refractivity contribution in [1.29, 1.82) is 0 Å². The van der Waals surface area contributed by atoms with Gasteiger partial charge in [-0.3, -0.25) is 0 Å². The van der Waals surface area contributed by atoms with Gasteiger partial charge in [0.1, 0.15) is 0 Å². The summed E-state index contributed by atoms with van der Waals surface area (Å²) in [6, 6.07) is 18.7. The van der Waals surface area contributed by atoms with Crippen molar-refractivity contribution in [3.05, 3.63) is 71.3 Å². The molecule has 1 N–H and O–H groups in total. The Morgan fingerprint density at radius 1 is 1.07 bits per heavy atom. The second-order valence-corrected chi connectivity index (χ2v) is 7.47. The summed E-state index contributed by atoms with van der Waals surface area (Å²) >= 11 is 0. The fraction of sp³-hybridized carbons (Fsp3) is 0.458. The van der Waals surface area contributed by atoms with Crippen molar-refractivity contribution in [3.63, 3.8) is 0 Å². The lowest BCUT2D eigenvalue weighted by Crippen LogP contribution is -2.40. The molecule has 1 heterocycles. The minimum absolute atomic E-state index is 0.545. The molecule has 3 rings (SSSR count). The molecule has 0 bridgehead atoms. The van der Waals surface area contributed by atoms with Crippen LogP contribution in [0.15, 0.2) is 59.6 Å². The van der Waals surface area contributed by atoms with Crippen LogP contribution in [0.3, 0.4) is 0 Å². The largest absolute Gasteiger partial charge is 0.380 e. The molecule has 0 spiro atoms. The standard InChI is InChI=1S/C24H33N3O2/c1-3-25-24(26-15-22-11-7-8-12-23(22)19-28-2)27-14-13-21(16-27)18-29-17-20-9-5-4-6-10-20/h4-12,21H,3,13-19H2,1-2H3,(H,25,26). The smallest absolute Gasteiger partial charge is 0.194 e. The van der Waals surface area contributed by atoms with Gasteiger partial charge in [-0.25, -0.2) is 4.99 Å². The number of hydrogen-bond acceptors (Lipinski definition) is 3. The Hall–Kier alpha value is -2.37. The van der Waals surface area contributed by atoms with Crippen LogP contribution in [0.5, 0.6) is 0 Å². The summed E-state index contributed by atoms with van der Waals surface area (Å²) in [7, 11) is 1.73. The Morgan fingerprint density at radius 3 is 2.59 bits per heavy atom. The van der Waals surface area contributed by atoms with E-state index in [4.69, 9.17) is 14.5 Å². The number of nitrogens with one attached hydrogen (secondary N) is 1. The normalized spacial score (nSPS) is 17.0. The third-order valence-corrected chi connectivity index (χ3v) is 5.20. The van der Waals surface area contributed by atoms with E-state index in [-0.39, 0.29) is 0 Å². The maximum atomic E-state index is 5.96. The van der Waals surface area contributed by atoms with E-state index in [1.165, 1.54) is 16.7 Å². The second-order valence-electron chi connectivity index (χ2n) is 7.47. The number of likely N-dealkylation sites (tertiary alicyclic amines) is 1. The van der Waals surface area contributed by atoms with E-state index in [9.17, 15) is 0 Å². The zero-order chi connectivity index (χ0) is 20.3. The Morgan fingerprint density at radius 2 is 1.83 bits per heavy atom. The van der Waals surface area contributed by atoms with E-state index in [1.807, 2.05) is 12.1 Å². The Bertz CT molecular complexity index is 764. The van der Waals surface area contributed by atoms with Crippen molar-refractivity contribution in [2.75, 3.05) is 33.4 Å². The summed E-state index contributed by atoms with van der Waals surface area (Å²) in [4.78, 5) is 7.27. The van der Waals surface area contributed by atoms with Gasteiger partial charge in [-0.2, -0.15) is 0 Å². The van der Waals surface area contributed by atoms with E-state index in [0.29, 0.717) is 25.7 Å². The SMILES string of the molecule is CCNC(=NCc1ccccc1COC)N1CCC(COCc2ccccc2)C1. The first-order chi connectivity index (χ1) is 14.3. The van der Waals surface area contributed by atoms with Gasteiger partial charge >= 0.3 is 0 Å². The van der Waals surface area contributed by atoms with Crippen LogP contribution in [0.25, 0.3) is 0 Å². The molecule has 0 radical (unpaired) electrons. The highest BCUT2D eigenvalue weighted by Gasteiger charge is 2.25. The third-order valence-electron chi connectivity index (χ3n) is 5.20. The van der Waals surface area contributed by atoms with E-state index in [0.717, 1.165) is 38.6 Å². The van der Waals surface area contributed by atoms with Crippen LogP contribution in [0.4, 0.5) is 0 Å². The molecule has 29 heavy (non-hydrogen) atoms. The summed E-state index contributed by atoms with van der Waals surface area (Å²) < 4.78 is 11.3. The number of ether oxygens (including phenoxy) is 2. The molecule has 1 saturated heterocycles. The van der Waals surface area contributed by atoms with Crippen molar-refractivity contribution >= 4 is 5.96 Å². The van der Waals surface area contributed by atoms with Gasteiger partial charge in [-0.1, -0.05) is 54.6 Å². The number of rotatable bonds is 9. The first-order valence-electron chi connectivity index (χ1n) is 10.5. The van der Waals surface area contributed by atoms with Gasteiger partial charge < -0.3 is 19.7 Å². The zero-order valence-electron chi connectivity index (χ0n) is 17.6. The van der Waals surface area contributed by atoms with Gasteiger partial charge in [-0.05, 0) is 30.0 Å². The van der Waals surface area contributed by atoms with Gasteiger partial charge in [0.25, 0.3) is 0 Å². The molecule has 1 aliphatic rings. The molecule has 1 unspecified atom stereocenters. The average molecular weight is 396 g/mol. The van der Waals surface area contributed by atoms with Crippen LogP contribution in [-0.4, -0.2) is 44.2 Å². The number of guanidine groups is 1. The molecule has 1 aliphatic heterocycles. The summed E-state index contributed by atoms with van der Waals surface area (Å²) in [6.45, 7) is 7.74. The lowest BCUT2D eigenvalue weighted by atomic mass is 10.1. The fourth-order valence-corrected chi connectivity index (χ4v) is 3.67. The number of aliphatic imine (C=N–C) groups is 1. The Balaban J connectivity index is 1.53. The topological polar surface area (TPSA) is 46.1 Å². The van der Waals surface area contributed by atoms with Gasteiger partial charge in [-0.15, -0.1) is 0 Å². The lowest BCUT2D eigenvalue weighted by molar-refractivity contribution is 0.0906. The van der Waals surface area contributed by atoms with Crippen molar-refractivity contribution in [3.8, 4) is 0 Å². The first kappa shape index (κ1) is 21.3. The molecular weight excluding hydrogens is 362 g/mol. The molecule has 5 nitrogen and oxygen atoms in total. The van der Waals surface area contributed by atoms with Crippen molar-refractivity contribution < 1.29 is 9.47 Å². The second kappa shape index (κ2) is 11.6. The number of benzene rings is 2. The predicted octanol–water partition coefficient (Wildman–Crippen LogP) is 3.84. The maximum absolute atomic E-state index is 5.96. The summed E-state index contributed by atoms with van der Waals surface area (Å²) in [5.74, 6) is 1.54. The quantitative estimate of drug-likeness (QED) is 0.518.